The Morgan fingerprint density at radius 2 is 1.55 bits per heavy atom. The third kappa shape index (κ3) is 6.21. The standard InChI is InChI=1S/C33H30FN5O3/c1-22-18-26(32(41)38-14-16-42-17-15-38)8-12-30(22)35-33-36-31-13-9-27(21-39(31)37-33)25-6-2-23(3-7-25)19-29(40)20-24-4-10-28(34)11-5-24/h2-13,18,21H,14-17,19-20H2,1H3,(H,35,37). The van der Waals surface area contributed by atoms with Crippen LogP contribution in [0.5, 0.6) is 0 Å². The van der Waals surface area contributed by atoms with Crippen LogP contribution in [0.1, 0.15) is 27.0 Å². The highest BCUT2D eigenvalue weighted by atomic mass is 19.1. The molecule has 1 fully saturated rings. The first kappa shape index (κ1) is 27.3. The number of ether oxygens (including phenoxy) is 1. The minimum Gasteiger partial charge on any atom is -0.378 e. The number of halogens is 1. The highest BCUT2D eigenvalue weighted by molar-refractivity contribution is 5.95. The molecule has 1 aliphatic rings. The lowest BCUT2D eigenvalue weighted by Gasteiger charge is -2.27. The fourth-order valence-electron chi connectivity index (χ4n) is 5.05. The Balaban J connectivity index is 1.11. The molecular formula is C33H30FN5O3. The van der Waals surface area contributed by atoms with Gasteiger partial charge in [-0.1, -0.05) is 36.4 Å². The van der Waals surface area contributed by atoms with Crippen molar-refractivity contribution in [1.82, 2.24) is 19.5 Å². The number of ketones is 1. The third-order valence-corrected chi connectivity index (χ3v) is 7.35. The van der Waals surface area contributed by atoms with E-state index in [0.29, 0.717) is 49.9 Å². The maximum atomic E-state index is 13.1. The highest BCUT2D eigenvalue weighted by Crippen LogP contribution is 2.24. The van der Waals surface area contributed by atoms with E-state index >= 15 is 0 Å². The third-order valence-electron chi connectivity index (χ3n) is 7.35. The van der Waals surface area contributed by atoms with E-state index in [2.05, 4.69) is 15.4 Å². The second kappa shape index (κ2) is 11.9. The minimum atomic E-state index is -0.308. The molecule has 2 aromatic heterocycles. The van der Waals surface area contributed by atoms with E-state index in [0.717, 1.165) is 33.5 Å². The molecule has 6 rings (SSSR count). The smallest absolute Gasteiger partial charge is 0.254 e. The predicted molar refractivity (Wildman–Crippen MR) is 158 cm³/mol. The van der Waals surface area contributed by atoms with Crippen molar-refractivity contribution in [3.8, 4) is 11.1 Å². The first-order valence-corrected chi connectivity index (χ1v) is 13.9. The lowest BCUT2D eigenvalue weighted by Crippen LogP contribution is -2.40. The molecule has 9 heteroatoms. The van der Waals surface area contributed by atoms with Gasteiger partial charge in [0.25, 0.3) is 5.91 Å². The lowest BCUT2D eigenvalue weighted by atomic mass is 10.0. The number of hydrogen-bond acceptors (Lipinski definition) is 6. The van der Waals surface area contributed by atoms with Gasteiger partial charge < -0.3 is 15.0 Å². The number of fused-ring (bicyclic) bond motifs is 1. The van der Waals surface area contributed by atoms with Crippen LogP contribution >= 0.6 is 0 Å². The van der Waals surface area contributed by atoms with Gasteiger partial charge in [0, 0.05) is 48.9 Å². The highest BCUT2D eigenvalue weighted by Gasteiger charge is 2.19. The number of amides is 1. The summed E-state index contributed by atoms with van der Waals surface area (Å²) in [6.45, 7) is 4.30. The summed E-state index contributed by atoms with van der Waals surface area (Å²) in [5.41, 5.74) is 6.78. The summed E-state index contributed by atoms with van der Waals surface area (Å²) in [4.78, 5) is 31.7. The fraction of sp³-hybridized carbons (Fsp3) is 0.212. The van der Waals surface area contributed by atoms with Crippen LogP contribution in [0, 0.1) is 12.7 Å². The van der Waals surface area contributed by atoms with Crippen molar-refractivity contribution in [2.45, 2.75) is 19.8 Å². The van der Waals surface area contributed by atoms with Crippen LogP contribution in [-0.2, 0) is 22.4 Å². The van der Waals surface area contributed by atoms with E-state index in [1.54, 1.807) is 16.6 Å². The molecular weight excluding hydrogens is 533 g/mol. The van der Waals surface area contributed by atoms with Gasteiger partial charge in [-0.05, 0) is 71.6 Å². The molecule has 3 heterocycles. The molecule has 0 atom stereocenters. The van der Waals surface area contributed by atoms with Crippen molar-refractivity contribution >= 4 is 29.0 Å². The van der Waals surface area contributed by atoms with Gasteiger partial charge in [-0.3, -0.25) is 9.59 Å². The molecule has 42 heavy (non-hydrogen) atoms. The van der Waals surface area contributed by atoms with Crippen molar-refractivity contribution in [2.24, 2.45) is 0 Å². The average molecular weight is 564 g/mol. The van der Waals surface area contributed by atoms with Gasteiger partial charge in [-0.15, -0.1) is 5.10 Å². The maximum absolute atomic E-state index is 13.1. The Morgan fingerprint density at radius 1 is 0.881 bits per heavy atom. The fourth-order valence-corrected chi connectivity index (χ4v) is 5.05. The molecule has 212 valence electrons. The number of Topliss-reactive ketones (excluding diaryl/α,β-unsaturated/α-hetero) is 1. The van der Waals surface area contributed by atoms with Crippen LogP contribution in [-0.4, -0.2) is 57.5 Å². The summed E-state index contributed by atoms with van der Waals surface area (Å²) in [6, 6.07) is 23.4. The molecule has 0 aliphatic carbocycles. The van der Waals surface area contributed by atoms with Crippen LogP contribution < -0.4 is 5.32 Å². The SMILES string of the molecule is Cc1cc(C(=O)N2CCOCC2)ccc1Nc1nc2ccc(-c3ccc(CC(=O)Cc4ccc(F)cc4)cc3)cn2n1. The number of nitrogens with one attached hydrogen (secondary N) is 1. The Morgan fingerprint density at radius 3 is 2.24 bits per heavy atom. The molecule has 8 nitrogen and oxygen atoms in total. The van der Waals surface area contributed by atoms with E-state index in [9.17, 15) is 14.0 Å². The Hall–Kier alpha value is -4.89. The molecule has 0 radical (unpaired) electrons. The van der Waals surface area contributed by atoms with Gasteiger partial charge >= 0.3 is 0 Å². The van der Waals surface area contributed by atoms with E-state index in [1.807, 2.05) is 72.6 Å². The molecule has 0 saturated carbocycles. The number of aryl methyl sites for hydroxylation is 1. The molecule has 1 saturated heterocycles. The zero-order valence-electron chi connectivity index (χ0n) is 23.2. The number of pyridine rings is 1. The molecule has 3 aromatic carbocycles. The summed E-state index contributed by atoms with van der Waals surface area (Å²) in [6.07, 6.45) is 2.51. The van der Waals surface area contributed by atoms with Crippen molar-refractivity contribution in [3.63, 3.8) is 0 Å². The molecule has 0 unspecified atom stereocenters. The van der Waals surface area contributed by atoms with Crippen LogP contribution in [0.15, 0.2) is 85.1 Å². The van der Waals surface area contributed by atoms with Crippen molar-refractivity contribution in [2.75, 3.05) is 31.6 Å². The summed E-state index contributed by atoms with van der Waals surface area (Å²) in [5.74, 6) is 0.234. The number of anilines is 2. The maximum Gasteiger partial charge on any atom is 0.254 e. The predicted octanol–water partition coefficient (Wildman–Crippen LogP) is 5.41. The number of aromatic nitrogens is 3. The van der Waals surface area contributed by atoms with Crippen molar-refractivity contribution in [3.05, 3.63) is 113 Å². The number of benzene rings is 3. The van der Waals surface area contributed by atoms with Crippen molar-refractivity contribution in [1.29, 1.82) is 0 Å². The van der Waals surface area contributed by atoms with E-state index < -0.39 is 0 Å². The van der Waals surface area contributed by atoms with E-state index in [1.165, 1.54) is 12.1 Å². The minimum absolute atomic E-state index is 0.0102. The van der Waals surface area contributed by atoms with Crippen LogP contribution in [0.3, 0.4) is 0 Å². The zero-order chi connectivity index (χ0) is 29.1. The number of carbonyl (C=O) groups is 2. The normalized spacial score (nSPS) is 13.3. The quantitative estimate of drug-likeness (QED) is 0.272. The van der Waals surface area contributed by atoms with E-state index in [-0.39, 0.29) is 23.9 Å². The zero-order valence-corrected chi connectivity index (χ0v) is 23.2. The van der Waals surface area contributed by atoms with Crippen LogP contribution in [0.2, 0.25) is 0 Å². The number of hydrogen-bond donors (Lipinski definition) is 1. The Labute approximate surface area is 242 Å². The monoisotopic (exact) mass is 563 g/mol. The molecule has 1 aliphatic heterocycles. The van der Waals surface area contributed by atoms with Crippen molar-refractivity contribution < 1.29 is 18.7 Å². The summed E-state index contributed by atoms with van der Waals surface area (Å²) >= 11 is 0. The molecule has 5 aromatic rings. The largest absolute Gasteiger partial charge is 0.378 e. The van der Waals surface area contributed by atoms with Gasteiger partial charge in [0.2, 0.25) is 5.95 Å². The van der Waals surface area contributed by atoms with Gasteiger partial charge in [0.1, 0.15) is 11.6 Å². The molecule has 0 bridgehead atoms. The number of morpholine rings is 1. The average Bonchev–Trinajstić information content (AvgIpc) is 3.41. The van der Waals surface area contributed by atoms with Gasteiger partial charge in [-0.2, -0.15) is 4.98 Å². The molecule has 0 spiro atoms. The van der Waals surface area contributed by atoms with Gasteiger partial charge in [-0.25, -0.2) is 8.91 Å². The molecule has 1 amide bonds. The van der Waals surface area contributed by atoms with Gasteiger partial charge in [0.15, 0.2) is 5.65 Å². The Bertz CT molecular complexity index is 1740. The second-order valence-electron chi connectivity index (χ2n) is 10.4. The lowest BCUT2D eigenvalue weighted by molar-refractivity contribution is -0.117. The summed E-state index contributed by atoms with van der Waals surface area (Å²) in [5, 5.41) is 7.88. The number of nitrogens with zero attached hydrogens (tertiary/aromatic N) is 4. The Kier molecular flexibility index (Phi) is 7.74. The summed E-state index contributed by atoms with van der Waals surface area (Å²) in [7, 11) is 0. The number of rotatable bonds is 8. The summed E-state index contributed by atoms with van der Waals surface area (Å²) < 4.78 is 20.2. The topological polar surface area (TPSA) is 88.8 Å². The number of carbonyl (C=O) groups excluding carboxylic acids is 2. The van der Waals surface area contributed by atoms with E-state index in [4.69, 9.17) is 4.74 Å². The first-order valence-electron chi connectivity index (χ1n) is 13.9. The van der Waals surface area contributed by atoms with Crippen LogP contribution in [0.4, 0.5) is 16.0 Å². The second-order valence-corrected chi connectivity index (χ2v) is 10.4. The van der Waals surface area contributed by atoms with Crippen LogP contribution in [0.25, 0.3) is 16.8 Å². The van der Waals surface area contributed by atoms with Gasteiger partial charge in [0.05, 0.1) is 13.2 Å². The first-order chi connectivity index (χ1) is 20.4. The molecule has 1 N–H and O–H groups in total.